The van der Waals surface area contributed by atoms with E-state index in [0.29, 0.717) is 31.0 Å². The van der Waals surface area contributed by atoms with Gasteiger partial charge in [0.15, 0.2) is 0 Å². The Morgan fingerprint density at radius 2 is 1.93 bits per heavy atom. The topological polar surface area (TPSA) is 42.4 Å². The lowest BCUT2D eigenvalue weighted by Gasteiger charge is -2.36. The number of piperidine rings is 1. The minimum Gasteiger partial charge on any atom is -0.369 e. The number of pyridine rings is 1. The van der Waals surface area contributed by atoms with Crippen molar-refractivity contribution in [3.8, 4) is 0 Å². The number of aromatic nitrogens is 1. The van der Waals surface area contributed by atoms with Crippen molar-refractivity contribution >= 4 is 5.91 Å². The third-order valence-corrected chi connectivity index (χ3v) is 5.61. The van der Waals surface area contributed by atoms with E-state index in [2.05, 4.69) is 6.07 Å². The molecule has 2 aromatic rings. The number of methoxy groups -OCH3 is 1. The van der Waals surface area contributed by atoms with E-state index in [0.717, 1.165) is 29.8 Å². The summed E-state index contributed by atoms with van der Waals surface area (Å²) in [5.41, 5.74) is 2.97. The van der Waals surface area contributed by atoms with Crippen LogP contribution < -0.4 is 0 Å². The van der Waals surface area contributed by atoms with Crippen LogP contribution in [0.4, 0.5) is 4.39 Å². The first-order valence-corrected chi connectivity index (χ1v) is 9.85. The number of aryl methyl sites for hydroxylation is 1. The molecule has 1 fully saturated rings. The van der Waals surface area contributed by atoms with E-state index in [-0.39, 0.29) is 11.7 Å². The number of benzene rings is 1. The molecular weight excluding hydrogens is 355 g/mol. The first-order chi connectivity index (χ1) is 13.3. The van der Waals surface area contributed by atoms with Gasteiger partial charge >= 0.3 is 0 Å². The molecular formula is C23H29FN2O2. The average molecular weight is 384 g/mol. The van der Waals surface area contributed by atoms with Gasteiger partial charge < -0.3 is 9.64 Å². The van der Waals surface area contributed by atoms with Crippen molar-refractivity contribution in [3.63, 3.8) is 0 Å². The second-order valence-corrected chi connectivity index (χ2v) is 8.09. The van der Waals surface area contributed by atoms with Crippen LogP contribution in [0.2, 0.25) is 0 Å². The van der Waals surface area contributed by atoms with Crippen LogP contribution in [0.25, 0.3) is 0 Å². The number of halogens is 1. The van der Waals surface area contributed by atoms with Crippen LogP contribution in [0.1, 0.15) is 55.1 Å². The Morgan fingerprint density at radius 3 is 2.57 bits per heavy atom. The lowest BCUT2D eigenvalue weighted by Crippen LogP contribution is -2.49. The minimum atomic E-state index is -0.790. The van der Waals surface area contributed by atoms with Crippen molar-refractivity contribution in [2.45, 2.75) is 51.6 Å². The molecule has 4 nitrogen and oxygen atoms in total. The van der Waals surface area contributed by atoms with Gasteiger partial charge in [0.1, 0.15) is 11.4 Å². The van der Waals surface area contributed by atoms with Gasteiger partial charge in [0.05, 0.1) is 0 Å². The summed E-state index contributed by atoms with van der Waals surface area (Å²) < 4.78 is 19.3. The fourth-order valence-corrected chi connectivity index (χ4v) is 3.79. The number of hydrogen-bond acceptors (Lipinski definition) is 3. The summed E-state index contributed by atoms with van der Waals surface area (Å²) in [6.45, 7) is 6.99. The summed E-state index contributed by atoms with van der Waals surface area (Å²) in [6.07, 6.45) is 2.31. The minimum absolute atomic E-state index is 0.0332. The zero-order valence-electron chi connectivity index (χ0n) is 17.2. The molecule has 2 heterocycles. The molecule has 0 spiro atoms. The zero-order valence-corrected chi connectivity index (χ0v) is 17.2. The largest absolute Gasteiger partial charge is 0.369 e. The molecule has 0 N–H and O–H groups in total. The van der Waals surface area contributed by atoms with E-state index in [1.54, 1.807) is 27.0 Å². The molecule has 3 rings (SSSR count). The summed E-state index contributed by atoms with van der Waals surface area (Å²) in [6, 6.07) is 11.0. The van der Waals surface area contributed by atoms with Crippen LogP contribution in [-0.4, -0.2) is 41.6 Å². The zero-order chi connectivity index (χ0) is 20.3. The Kier molecular flexibility index (Phi) is 6.14. The monoisotopic (exact) mass is 384 g/mol. The lowest BCUT2D eigenvalue weighted by atomic mass is 9.90. The Bertz CT molecular complexity index is 842. The fourth-order valence-electron chi connectivity index (χ4n) is 3.79. The number of ether oxygens (including phenoxy) is 1. The predicted molar refractivity (Wildman–Crippen MR) is 108 cm³/mol. The molecule has 1 aliphatic heterocycles. The molecule has 1 saturated heterocycles. The molecule has 0 bridgehead atoms. The van der Waals surface area contributed by atoms with Crippen molar-refractivity contribution in [3.05, 3.63) is 64.7 Å². The number of amides is 1. The first kappa shape index (κ1) is 20.5. The Morgan fingerprint density at radius 1 is 1.25 bits per heavy atom. The number of hydrogen-bond donors (Lipinski definition) is 0. The lowest BCUT2D eigenvalue weighted by molar-refractivity contribution is -0.152. The Balaban J connectivity index is 1.71. The summed E-state index contributed by atoms with van der Waals surface area (Å²) >= 11 is 0. The standard InChI is InChI=1S/C23H29FN2O2/c1-16-13-17(14-19-7-5-6-8-20(19)24)15-21(25-16)18-9-11-26(12-10-18)22(27)23(2,3)28-4/h5-8,13,15,18H,9-12,14H2,1-4H3. The van der Waals surface area contributed by atoms with Crippen LogP contribution in [0, 0.1) is 12.7 Å². The third kappa shape index (κ3) is 4.58. The van der Waals surface area contributed by atoms with Gasteiger partial charge in [0.2, 0.25) is 0 Å². The molecule has 0 unspecified atom stereocenters. The number of rotatable bonds is 5. The van der Waals surface area contributed by atoms with Crippen LogP contribution in [0.15, 0.2) is 36.4 Å². The average Bonchev–Trinajstić information content (AvgIpc) is 2.69. The normalized spacial score (nSPS) is 15.7. The summed E-state index contributed by atoms with van der Waals surface area (Å²) in [5.74, 6) is 0.172. The van der Waals surface area contributed by atoms with Gasteiger partial charge in [-0.25, -0.2) is 4.39 Å². The van der Waals surface area contributed by atoms with Crippen molar-refractivity contribution in [2.75, 3.05) is 20.2 Å². The van der Waals surface area contributed by atoms with Gasteiger partial charge in [-0.2, -0.15) is 0 Å². The molecule has 1 aliphatic rings. The first-order valence-electron chi connectivity index (χ1n) is 9.85. The van der Waals surface area contributed by atoms with Crippen molar-refractivity contribution < 1.29 is 13.9 Å². The van der Waals surface area contributed by atoms with Gasteiger partial charge in [-0.3, -0.25) is 9.78 Å². The molecule has 1 amide bonds. The SMILES string of the molecule is COC(C)(C)C(=O)N1CCC(c2cc(Cc3ccccc3F)cc(C)n2)CC1. The molecule has 0 radical (unpaired) electrons. The number of carbonyl (C=O) groups is 1. The smallest absolute Gasteiger partial charge is 0.254 e. The van der Waals surface area contributed by atoms with Crippen LogP contribution in [0.3, 0.4) is 0 Å². The van der Waals surface area contributed by atoms with Gasteiger partial charge in [0.25, 0.3) is 5.91 Å². The second kappa shape index (κ2) is 8.39. The number of likely N-dealkylation sites (tertiary alicyclic amines) is 1. The van der Waals surface area contributed by atoms with Crippen LogP contribution >= 0.6 is 0 Å². The van der Waals surface area contributed by atoms with Crippen LogP contribution in [-0.2, 0) is 16.0 Å². The van der Waals surface area contributed by atoms with E-state index < -0.39 is 5.60 Å². The predicted octanol–water partition coefficient (Wildman–Crippen LogP) is 4.25. The summed E-state index contributed by atoms with van der Waals surface area (Å²) in [4.78, 5) is 19.2. The van der Waals surface area contributed by atoms with E-state index in [4.69, 9.17) is 9.72 Å². The molecule has 1 aromatic carbocycles. The maximum absolute atomic E-state index is 14.0. The maximum atomic E-state index is 14.0. The highest BCUT2D eigenvalue weighted by Crippen LogP contribution is 2.29. The van der Waals surface area contributed by atoms with E-state index in [9.17, 15) is 9.18 Å². The van der Waals surface area contributed by atoms with E-state index in [1.165, 1.54) is 6.07 Å². The van der Waals surface area contributed by atoms with Crippen molar-refractivity contribution in [2.24, 2.45) is 0 Å². The highest BCUT2D eigenvalue weighted by molar-refractivity contribution is 5.84. The van der Waals surface area contributed by atoms with Gasteiger partial charge in [-0.1, -0.05) is 18.2 Å². The number of carbonyl (C=O) groups excluding carboxylic acids is 1. The highest BCUT2D eigenvalue weighted by Gasteiger charge is 2.34. The molecule has 0 aliphatic carbocycles. The second-order valence-electron chi connectivity index (χ2n) is 8.09. The van der Waals surface area contributed by atoms with Crippen LogP contribution in [0.5, 0.6) is 0 Å². The molecule has 28 heavy (non-hydrogen) atoms. The Labute approximate surface area is 166 Å². The molecule has 5 heteroatoms. The quantitative estimate of drug-likeness (QED) is 0.774. The molecule has 0 saturated carbocycles. The fraction of sp³-hybridized carbons (Fsp3) is 0.478. The van der Waals surface area contributed by atoms with E-state index >= 15 is 0 Å². The molecule has 150 valence electrons. The van der Waals surface area contributed by atoms with E-state index in [1.807, 2.05) is 30.0 Å². The van der Waals surface area contributed by atoms with Gasteiger partial charge in [-0.05, 0) is 62.9 Å². The van der Waals surface area contributed by atoms with Gasteiger partial charge in [-0.15, -0.1) is 0 Å². The number of nitrogens with zero attached hydrogens (tertiary/aromatic N) is 2. The summed E-state index contributed by atoms with van der Waals surface area (Å²) in [7, 11) is 1.57. The third-order valence-electron chi connectivity index (χ3n) is 5.61. The maximum Gasteiger partial charge on any atom is 0.254 e. The van der Waals surface area contributed by atoms with Crippen molar-refractivity contribution in [1.29, 1.82) is 0 Å². The van der Waals surface area contributed by atoms with Crippen molar-refractivity contribution in [1.82, 2.24) is 9.88 Å². The summed E-state index contributed by atoms with van der Waals surface area (Å²) in [5, 5.41) is 0. The van der Waals surface area contributed by atoms with Gasteiger partial charge in [0, 0.05) is 43.9 Å². The Hall–Kier alpha value is -2.27. The molecule has 0 atom stereocenters. The molecule has 1 aromatic heterocycles. The highest BCUT2D eigenvalue weighted by atomic mass is 19.1.